The number of carboxylic acids is 1. The first-order valence-corrected chi connectivity index (χ1v) is 11.6. The van der Waals surface area contributed by atoms with Crippen LogP contribution in [0.2, 0.25) is 0 Å². The van der Waals surface area contributed by atoms with Gasteiger partial charge in [0.1, 0.15) is 19.2 Å². The summed E-state index contributed by atoms with van der Waals surface area (Å²) in [4.78, 5) is 38.3. The van der Waals surface area contributed by atoms with E-state index >= 15 is 0 Å². The molecule has 0 radical (unpaired) electrons. The lowest BCUT2D eigenvalue weighted by Gasteiger charge is -2.26. The average molecular weight is 467 g/mol. The molecule has 2 aliphatic rings. The van der Waals surface area contributed by atoms with Crippen LogP contribution in [0.25, 0.3) is 11.1 Å². The first-order valence-electron chi connectivity index (χ1n) is 11.6. The van der Waals surface area contributed by atoms with Crippen molar-refractivity contribution in [2.75, 3.05) is 33.4 Å². The number of amides is 2. The van der Waals surface area contributed by atoms with Crippen molar-refractivity contribution in [3.05, 3.63) is 59.7 Å². The summed E-state index contributed by atoms with van der Waals surface area (Å²) in [6.07, 6.45) is 1.77. The summed E-state index contributed by atoms with van der Waals surface area (Å²) >= 11 is 0. The molecule has 0 aromatic heterocycles. The number of aliphatic carboxylic acids is 1. The SMILES string of the molecule is COCCN(CC(=O)O)C(=O)[C@H](CC1CC1)NC(=O)OCC1c2ccccc2-c2ccccc21. The monoisotopic (exact) mass is 466 g/mol. The van der Waals surface area contributed by atoms with Gasteiger partial charge < -0.3 is 24.8 Å². The number of carbonyl (C=O) groups excluding carboxylic acids is 2. The number of nitrogens with zero attached hydrogens (tertiary/aromatic N) is 1. The third-order valence-electron chi connectivity index (χ3n) is 6.40. The molecule has 1 atom stereocenters. The highest BCUT2D eigenvalue weighted by Crippen LogP contribution is 2.44. The van der Waals surface area contributed by atoms with Crippen molar-refractivity contribution in [1.82, 2.24) is 10.2 Å². The molecule has 0 aliphatic heterocycles. The molecule has 0 spiro atoms. The quantitative estimate of drug-likeness (QED) is 0.527. The van der Waals surface area contributed by atoms with Gasteiger partial charge in [0.15, 0.2) is 0 Å². The van der Waals surface area contributed by atoms with E-state index in [0.717, 1.165) is 35.1 Å². The Kier molecular flexibility index (Phi) is 7.47. The number of alkyl carbamates (subject to hydrolysis) is 1. The second-order valence-electron chi connectivity index (χ2n) is 8.85. The number of ether oxygens (including phenoxy) is 2. The first kappa shape index (κ1) is 23.8. The highest BCUT2D eigenvalue weighted by Gasteiger charge is 2.34. The van der Waals surface area contributed by atoms with Crippen LogP contribution in [0.5, 0.6) is 0 Å². The third-order valence-corrected chi connectivity index (χ3v) is 6.40. The largest absolute Gasteiger partial charge is 0.480 e. The smallest absolute Gasteiger partial charge is 0.407 e. The van der Waals surface area contributed by atoms with Crippen molar-refractivity contribution >= 4 is 18.0 Å². The van der Waals surface area contributed by atoms with Gasteiger partial charge in [-0.3, -0.25) is 9.59 Å². The minimum Gasteiger partial charge on any atom is -0.480 e. The molecule has 2 aromatic rings. The van der Waals surface area contributed by atoms with Crippen LogP contribution in [0.15, 0.2) is 48.5 Å². The summed E-state index contributed by atoms with van der Waals surface area (Å²) in [5.74, 6) is -1.28. The number of nitrogens with one attached hydrogen (secondary N) is 1. The Bertz CT molecular complexity index is 1010. The highest BCUT2D eigenvalue weighted by molar-refractivity contribution is 5.88. The second kappa shape index (κ2) is 10.7. The zero-order chi connectivity index (χ0) is 24.1. The van der Waals surface area contributed by atoms with Crippen LogP contribution in [-0.4, -0.2) is 67.4 Å². The van der Waals surface area contributed by atoms with Gasteiger partial charge in [0.25, 0.3) is 0 Å². The van der Waals surface area contributed by atoms with Gasteiger partial charge in [0.05, 0.1) is 6.61 Å². The molecule has 4 rings (SSSR count). The number of hydrogen-bond acceptors (Lipinski definition) is 5. The lowest BCUT2D eigenvalue weighted by molar-refractivity contribution is -0.145. The molecule has 0 bridgehead atoms. The van der Waals surface area contributed by atoms with Crippen LogP contribution < -0.4 is 5.32 Å². The molecule has 2 N–H and O–H groups in total. The van der Waals surface area contributed by atoms with Gasteiger partial charge in [-0.15, -0.1) is 0 Å². The molecule has 180 valence electrons. The molecule has 0 saturated heterocycles. The number of methoxy groups -OCH3 is 1. The maximum absolute atomic E-state index is 13.1. The summed E-state index contributed by atoms with van der Waals surface area (Å²) in [7, 11) is 1.49. The summed E-state index contributed by atoms with van der Waals surface area (Å²) in [5.41, 5.74) is 4.48. The number of carboxylic acid groups (broad SMARTS) is 1. The van der Waals surface area contributed by atoms with E-state index in [4.69, 9.17) is 9.47 Å². The summed E-state index contributed by atoms with van der Waals surface area (Å²) in [5, 5.41) is 11.9. The van der Waals surface area contributed by atoms with Crippen molar-refractivity contribution < 1.29 is 29.0 Å². The molecule has 1 fully saturated rings. The Morgan fingerprint density at radius 1 is 1.06 bits per heavy atom. The lowest BCUT2D eigenvalue weighted by atomic mass is 9.98. The lowest BCUT2D eigenvalue weighted by Crippen LogP contribution is -2.51. The molecule has 0 unspecified atom stereocenters. The van der Waals surface area contributed by atoms with Crippen LogP contribution in [-0.2, 0) is 19.1 Å². The molecule has 2 aromatic carbocycles. The zero-order valence-electron chi connectivity index (χ0n) is 19.2. The van der Waals surface area contributed by atoms with E-state index in [-0.39, 0.29) is 25.7 Å². The fourth-order valence-electron chi connectivity index (χ4n) is 4.54. The maximum atomic E-state index is 13.1. The fourth-order valence-corrected chi connectivity index (χ4v) is 4.54. The standard InChI is InChI=1S/C26H30N2O6/c1-33-13-12-28(15-24(29)30)25(31)23(14-17-10-11-17)27-26(32)34-16-22-20-8-4-2-6-18(20)19-7-3-5-9-21(19)22/h2-9,17,22-23H,10-16H2,1H3,(H,27,32)(H,29,30)/t23-/m0/s1. The van der Waals surface area contributed by atoms with Crippen molar-refractivity contribution in [2.24, 2.45) is 5.92 Å². The molecule has 0 heterocycles. The third kappa shape index (κ3) is 5.56. The van der Waals surface area contributed by atoms with E-state index in [1.165, 1.54) is 12.0 Å². The van der Waals surface area contributed by atoms with Crippen LogP contribution >= 0.6 is 0 Å². The van der Waals surface area contributed by atoms with Gasteiger partial charge in [-0.2, -0.15) is 0 Å². The van der Waals surface area contributed by atoms with Gasteiger partial charge in [0, 0.05) is 19.6 Å². The minimum absolute atomic E-state index is 0.0825. The van der Waals surface area contributed by atoms with E-state index in [1.807, 2.05) is 36.4 Å². The predicted molar refractivity (Wildman–Crippen MR) is 125 cm³/mol. The molecule has 34 heavy (non-hydrogen) atoms. The van der Waals surface area contributed by atoms with Crippen LogP contribution in [0.4, 0.5) is 4.79 Å². The minimum atomic E-state index is -1.12. The van der Waals surface area contributed by atoms with Crippen molar-refractivity contribution in [3.8, 4) is 11.1 Å². The van der Waals surface area contributed by atoms with Gasteiger partial charge in [0.2, 0.25) is 5.91 Å². The zero-order valence-corrected chi connectivity index (χ0v) is 19.2. The van der Waals surface area contributed by atoms with E-state index in [1.54, 1.807) is 0 Å². The van der Waals surface area contributed by atoms with E-state index in [2.05, 4.69) is 17.4 Å². The normalized spacial score (nSPS) is 15.2. The van der Waals surface area contributed by atoms with Crippen LogP contribution in [0.1, 0.15) is 36.3 Å². The topological polar surface area (TPSA) is 105 Å². The molecule has 8 nitrogen and oxygen atoms in total. The van der Waals surface area contributed by atoms with Crippen LogP contribution in [0, 0.1) is 5.92 Å². The average Bonchev–Trinajstić information content (AvgIpc) is 3.60. The highest BCUT2D eigenvalue weighted by atomic mass is 16.5. The predicted octanol–water partition coefficient (Wildman–Crippen LogP) is 3.25. The summed E-state index contributed by atoms with van der Waals surface area (Å²) in [6.45, 7) is 0.0394. The van der Waals surface area contributed by atoms with Gasteiger partial charge in [-0.1, -0.05) is 61.4 Å². The first-order chi connectivity index (χ1) is 16.5. The van der Waals surface area contributed by atoms with Crippen LogP contribution in [0.3, 0.4) is 0 Å². The Hall–Kier alpha value is -3.39. The summed E-state index contributed by atoms with van der Waals surface area (Å²) < 4.78 is 10.6. The summed E-state index contributed by atoms with van der Waals surface area (Å²) in [6, 6.07) is 15.3. The van der Waals surface area contributed by atoms with Crippen molar-refractivity contribution in [1.29, 1.82) is 0 Å². The number of benzene rings is 2. The van der Waals surface area contributed by atoms with Crippen molar-refractivity contribution in [2.45, 2.75) is 31.2 Å². The van der Waals surface area contributed by atoms with Crippen molar-refractivity contribution in [3.63, 3.8) is 0 Å². The Balaban J connectivity index is 1.42. The second-order valence-corrected chi connectivity index (χ2v) is 8.85. The van der Waals surface area contributed by atoms with Gasteiger partial charge >= 0.3 is 12.1 Å². The number of rotatable bonds is 11. The molecule has 2 amide bonds. The Labute approximate surface area is 198 Å². The van der Waals surface area contributed by atoms with Gasteiger partial charge in [-0.25, -0.2) is 4.79 Å². The molecule has 8 heteroatoms. The number of fused-ring (bicyclic) bond motifs is 3. The number of hydrogen-bond donors (Lipinski definition) is 2. The molecule has 1 saturated carbocycles. The maximum Gasteiger partial charge on any atom is 0.407 e. The Morgan fingerprint density at radius 3 is 2.24 bits per heavy atom. The Morgan fingerprint density at radius 2 is 1.68 bits per heavy atom. The van der Waals surface area contributed by atoms with E-state index in [0.29, 0.717) is 12.3 Å². The number of carbonyl (C=O) groups is 3. The van der Waals surface area contributed by atoms with E-state index in [9.17, 15) is 19.5 Å². The fraction of sp³-hybridized carbons (Fsp3) is 0.423. The van der Waals surface area contributed by atoms with E-state index < -0.39 is 30.6 Å². The molecular weight excluding hydrogens is 436 g/mol. The molecule has 2 aliphatic carbocycles. The van der Waals surface area contributed by atoms with Gasteiger partial charge in [-0.05, 0) is 34.6 Å². The molecular formula is C26H30N2O6.